The monoisotopic (exact) mass is 334 g/mol. The summed E-state index contributed by atoms with van der Waals surface area (Å²) in [4.78, 5) is 11.7. The number of aryl methyl sites for hydroxylation is 2. The topological polar surface area (TPSA) is 35.5 Å². The Balaban J connectivity index is 1.90. The molecule has 0 amide bonds. The predicted molar refractivity (Wildman–Crippen MR) is 81.2 cm³/mol. The van der Waals surface area contributed by atoms with Crippen LogP contribution in [-0.4, -0.2) is 12.6 Å². The molecule has 104 valence electrons. The van der Waals surface area contributed by atoms with E-state index in [0.29, 0.717) is 11.5 Å². The fourth-order valence-corrected chi connectivity index (χ4v) is 2.03. The number of ether oxygens (including phenoxy) is 2. The van der Waals surface area contributed by atoms with Crippen LogP contribution in [0.2, 0.25) is 0 Å². The van der Waals surface area contributed by atoms with E-state index in [2.05, 4.69) is 15.9 Å². The summed E-state index contributed by atoms with van der Waals surface area (Å²) in [6, 6.07) is 12.9. The molecule has 0 spiro atoms. The van der Waals surface area contributed by atoms with Crippen molar-refractivity contribution in [2.24, 2.45) is 0 Å². The molecule has 0 radical (unpaired) electrons. The summed E-state index contributed by atoms with van der Waals surface area (Å²) in [6.45, 7) is 3.85. The van der Waals surface area contributed by atoms with Crippen LogP contribution < -0.4 is 9.47 Å². The molecule has 2 aromatic rings. The van der Waals surface area contributed by atoms with E-state index in [-0.39, 0.29) is 6.61 Å². The van der Waals surface area contributed by atoms with Crippen molar-refractivity contribution in [2.75, 3.05) is 6.61 Å². The van der Waals surface area contributed by atoms with Crippen molar-refractivity contribution >= 4 is 21.9 Å². The van der Waals surface area contributed by atoms with Crippen LogP contribution in [0.3, 0.4) is 0 Å². The fraction of sp³-hybridized carbons (Fsp3) is 0.188. The second kappa shape index (κ2) is 6.57. The first-order chi connectivity index (χ1) is 9.54. The summed E-state index contributed by atoms with van der Waals surface area (Å²) in [7, 11) is 0. The van der Waals surface area contributed by atoms with Crippen LogP contribution in [0, 0.1) is 13.8 Å². The molecule has 2 rings (SSSR count). The number of carbonyl (C=O) groups is 1. The van der Waals surface area contributed by atoms with Gasteiger partial charge in [0.15, 0.2) is 6.61 Å². The Morgan fingerprint density at radius 1 is 1.10 bits per heavy atom. The van der Waals surface area contributed by atoms with Crippen LogP contribution in [-0.2, 0) is 4.79 Å². The van der Waals surface area contributed by atoms with E-state index in [4.69, 9.17) is 9.47 Å². The maximum Gasteiger partial charge on any atom is 0.349 e. The zero-order valence-electron chi connectivity index (χ0n) is 11.4. The van der Waals surface area contributed by atoms with E-state index in [1.807, 2.05) is 44.2 Å². The number of esters is 1. The molecule has 0 heterocycles. The van der Waals surface area contributed by atoms with Gasteiger partial charge < -0.3 is 9.47 Å². The minimum atomic E-state index is -0.424. The van der Waals surface area contributed by atoms with Gasteiger partial charge in [-0.15, -0.1) is 0 Å². The number of benzene rings is 2. The van der Waals surface area contributed by atoms with Gasteiger partial charge in [0.2, 0.25) is 0 Å². The Hall–Kier alpha value is -1.81. The van der Waals surface area contributed by atoms with Gasteiger partial charge >= 0.3 is 5.97 Å². The molecule has 0 bridgehead atoms. The van der Waals surface area contributed by atoms with Gasteiger partial charge in [-0.25, -0.2) is 4.79 Å². The average Bonchev–Trinajstić information content (AvgIpc) is 2.40. The van der Waals surface area contributed by atoms with Crippen molar-refractivity contribution in [1.29, 1.82) is 0 Å². The van der Waals surface area contributed by atoms with Crippen molar-refractivity contribution in [3.63, 3.8) is 0 Å². The largest absolute Gasteiger partial charge is 0.482 e. The lowest BCUT2D eigenvalue weighted by Gasteiger charge is -2.09. The van der Waals surface area contributed by atoms with E-state index in [1.165, 1.54) is 0 Å². The van der Waals surface area contributed by atoms with Crippen molar-refractivity contribution in [1.82, 2.24) is 0 Å². The Bertz CT molecular complexity index is 606. The molecule has 0 aliphatic heterocycles. The molecule has 0 unspecified atom stereocenters. The first-order valence-electron chi connectivity index (χ1n) is 6.21. The number of hydrogen-bond donors (Lipinski definition) is 0. The lowest BCUT2D eigenvalue weighted by Crippen LogP contribution is -2.18. The minimum Gasteiger partial charge on any atom is -0.482 e. The molecular formula is C16H15BrO3. The average molecular weight is 335 g/mol. The zero-order valence-corrected chi connectivity index (χ0v) is 12.9. The van der Waals surface area contributed by atoms with Gasteiger partial charge in [-0.05, 0) is 49.7 Å². The lowest BCUT2D eigenvalue weighted by atomic mass is 10.1. The van der Waals surface area contributed by atoms with Crippen molar-refractivity contribution in [3.8, 4) is 11.5 Å². The molecule has 0 saturated carbocycles. The molecule has 0 aliphatic rings. The van der Waals surface area contributed by atoms with E-state index in [0.717, 1.165) is 15.6 Å². The van der Waals surface area contributed by atoms with Crippen LogP contribution in [0.4, 0.5) is 0 Å². The van der Waals surface area contributed by atoms with Gasteiger partial charge in [-0.3, -0.25) is 0 Å². The standard InChI is InChI=1S/C16H15BrO3/c1-11-3-8-15(12(2)9-11)19-10-16(18)20-14-6-4-13(17)5-7-14/h3-9H,10H2,1-2H3. The quantitative estimate of drug-likeness (QED) is 0.625. The molecule has 0 saturated heterocycles. The first-order valence-corrected chi connectivity index (χ1v) is 7.00. The van der Waals surface area contributed by atoms with E-state index >= 15 is 0 Å². The van der Waals surface area contributed by atoms with E-state index < -0.39 is 5.97 Å². The molecule has 0 aliphatic carbocycles. The molecule has 3 nitrogen and oxygen atoms in total. The van der Waals surface area contributed by atoms with Crippen molar-refractivity contribution < 1.29 is 14.3 Å². The zero-order chi connectivity index (χ0) is 14.5. The molecule has 4 heteroatoms. The number of halogens is 1. The number of hydrogen-bond acceptors (Lipinski definition) is 3. The Morgan fingerprint density at radius 3 is 2.45 bits per heavy atom. The molecule has 0 fully saturated rings. The summed E-state index contributed by atoms with van der Waals surface area (Å²) in [6.07, 6.45) is 0. The normalized spacial score (nSPS) is 10.2. The number of rotatable bonds is 4. The van der Waals surface area contributed by atoms with E-state index in [9.17, 15) is 4.79 Å². The van der Waals surface area contributed by atoms with Gasteiger partial charge in [0.25, 0.3) is 0 Å². The highest BCUT2D eigenvalue weighted by atomic mass is 79.9. The van der Waals surface area contributed by atoms with Crippen LogP contribution >= 0.6 is 15.9 Å². The van der Waals surface area contributed by atoms with Gasteiger partial charge in [0, 0.05) is 4.47 Å². The van der Waals surface area contributed by atoms with Crippen LogP contribution in [0.1, 0.15) is 11.1 Å². The third-order valence-corrected chi connectivity index (χ3v) is 3.25. The second-order valence-electron chi connectivity index (χ2n) is 4.49. The molecule has 0 aromatic heterocycles. The summed E-state index contributed by atoms with van der Waals surface area (Å²) >= 11 is 3.32. The lowest BCUT2D eigenvalue weighted by molar-refractivity contribution is -0.136. The summed E-state index contributed by atoms with van der Waals surface area (Å²) in [5.74, 6) is 0.776. The minimum absolute atomic E-state index is 0.111. The summed E-state index contributed by atoms with van der Waals surface area (Å²) < 4.78 is 11.6. The van der Waals surface area contributed by atoms with Gasteiger partial charge in [0.05, 0.1) is 0 Å². The molecule has 2 aromatic carbocycles. The van der Waals surface area contributed by atoms with Crippen molar-refractivity contribution in [3.05, 3.63) is 58.1 Å². The Morgan fingerprint density at radius 2 is 1.80 bits per heavy atom. The summed E-state index contributed by atoms with van der Waals surface area (Å²) in [5, 5.41) is 0. The Labute approximate surface area is 126 Å². The molecule has 0 N–H and O–H groups in total. The summed E-state index contributed by atoms with van der Waals surface area (Å²) in [5.41, 5.74) is 2.16. The molecule has 0 atom stereocenters. The van der Waals surface area contributed by atoms with Crippen LogP contribution in [0.25, 0.3) is 0 Å². The molecule has 20 heavy (non-hydrogen) atoms. The third kappa shape index (κ3) is 4.10. The molecular weight excluding hydrogens is 320 g/mol. The van der Waals surface area contributed by atoms with Crippen LogP contribution in [0.15, 0.2) is 46.9 Å². The van der Waals surface area contributed by atoms with Gasteiger partial charge in [-0.2, -0.15) is 0 Å². The predicted octanol–water partition coefficient (Wildman–Crippen LogP) is 4.05. The maximum absolute atomic E-state index is 11.7. The highest BCUT2D eigenvalue weighted by Crippen LogP contribution is 2.19. The SMILES string of the molecule is Cc1ccc(OCC(=O)Oc2ccc(Br)cc2)c(C)c1. The highest BCUT2D eigenvalue weighted by Gasteiger charge is 2.07. The maximum atomic E-state index is 11.7. The van der Waals surface area contributed by atoms with Crippen molar-refractivity contribution in [2.45, 2.75) is 13.8 Å². The van der Waals surface area contributed by atoms with Gasteiger partial charge in [-0.1, -0.05) is 33.6 Å². The first kappa shape index (κ1) is 14.6. The smallest absolute Gasteiger partial charge is 0.349 e. The second-order valence-corrected chi connectivity index (χ2v) is 5.40. The van der Waals surface area contributed by atoms with Crippen LogP contribution in [0.5, 0.6) is 11.5 Å². The fourth-order valence-electron chi connectivity index (χ4n) is 1.76. The Kier molecular flexibility index (Phi) is 4.79. The number of carbonyl (C=O) groups excluding carboxylic acids is 1. The highest BCUT2D eigenvalue weighted by molar-refractivity contribution is 9.10. The van der Waals surface area contributed by atoms with E-state index in [1.54, 1.807) is 12.1 Å². The van der Waals surface area contributed by atoms with Gasteiger partial charge in [0.1, 0.15) is 11.5 Å². The third-order valence-electron chi connectivity index (χ3n) is 2.72.